The molecule has 12 heteroatoms. The second-order valence-corrected chi connectivity index (χ2v) is 10.6. The van der Waals surface area contributed by atoms with Crippen LogP contribution >= 0.6 is 0 Å². The molecule has 0 aliphatic carbocycles. The molecule has 0 spiro atoms. The highest BCUT2D eigenvalue weighted by atomic mass is 32.2. The van der Waals surface area contributed by atoms with Crippen molar-refractivity contribution in [2.24, 2.45) is 0 Å². The minimum absolute atomic E-state index is 0.0746. The lowest BCUT2D eigenvalue weighted by Crippen LogP contribution is -2.63. The molecule has 4 rings (SSSR count). The molecule has 0 bridgehead atoms. The number of fused-ring (bicyclic) bond motifs is 1. The monoisotopic (exact) mass is 482 g/mol. The smallest absolute Gasteiger partial charge is 0.387 e. The Labute approximate surface area is 187 Å². The van der Waals surface area contributed by atoms with Gasteiger partial charge in [-0.25, -0.2) is 12.8 Å². The first-order valence-electron chi connectivity index (χ1n) is 10.0. The summed E-state index contributed by atoms with van der Waals surface area (Å²) in [5, 5.41) is 7.14. The van der Waals surface area contributed by atoms with E-state index < -0.39 is 33.7 Å². The number of carbonyl (C=O) groups excluding carboxylic acids is 1. The maximum atomic E-state index is 14.6. The van der Waals surface area contributed by atoms with Crippen LogP contribution < -0.4 is 10.1 Å². The van der Waals surface area contributed by atoms with E-state index >= 15 is 0 Å². The lowest BCUT2D eigenvalue weighted by atomic mass is 10.1. The number of halogens is 3. The predicted molar refractivity (Wildman–Crippen MR) is 114 cm³/mol. The first-order valence-corrected chi connectivity index (χ1v) is 11.9. The average molecular weight is 482 g/mol. The molecule has 0 atom stereocenters. The largest absolute Gasteiger partial charge is 0.435 e. The Balaban J connectivity index is 1.75. The van der Waals surface area contributed by atoms with E-state index in [2.05, 4.69) is 20.1 Å². The van der Waals surface area contributed by atoms with Gasteiger partial charge in [-0.05, 0) is 45.0 Å². The van der Waals surface area contributed by atoms with Crippen LogP contribution in [0.15, 0.2) is 30.5 Å². The molecule has 0 saturated carbocycles. The topological polar surface area (TPSA) is 103 Å². The Bertz CT molecular complexity index is 1340. The number of hydrogen-bond acceptors (Lipinski definition) is 6. The van der Waals surface area contributed by atoms with Crippen LogP contribution in [-0.2, 0) is 9.84 Å². The maximum absolute atomic E-state index is 14.6. The highest BCUT2D eigenvalue weighted by Crippen LogP contribution is 2.33. The second kappa shape index (κ2) is 8.01. The van der Waals surface area contributed by atoms with Gasteiger partial charge < -0.3 is 10.1 Å². The molecule has 1 aromatic carbocycles. The number of nitrogens with zero attached hydrogens (tertiary/aromatic N) is 3. The van der Waals surface area contributed by atoms with Gasteiger partial charge in [0.05, 0.1) is 28.1 Å². The maximum Gasteiger partial charge on any atom is 0.387 e. The molecular formula is C21H21F3N4O4S. The van der Waals surface area contributed by atoms with Gasteiger partial charge in [-0.15, -0.1) is 0 Å². The molecule has 1 fully saturated rings. The van der Waals surface area contributed by atoms with Gasteiger partial charge in [-0.2, -0.15) is 13.9 Å². The van der Waals surface area contributed by atoms with Crippen LogP contribution in [0.1, 0.15) is 37.2 Å². The van der Waals surface area contributed by atoms with Gasteiger partial charge in [-0.3, -0.25) is 14.5 Å². The van der Waals surface area contributed by atoms with Crippen LogP contribution in [0, 0.1) is 5.82 Å². The van der Waals surface area contributed by atoms with E-state index in [1.165, 1.54) is 12.3 Å². The first kappa shape index (κ1) is 23.0. The fraction of sp³-hybridized carbons (Fsp3) is 0.381. The number of ether oxygens (including phenoxy) is 1. The van der Waals surface area contributed by atoms with Gasteiger partial charge in [0.15, 0.2) is 9.84 Å². The molecule has 0 radical (unpaired) electrons. The lowest BCUT2D eigenvalue weighted by molar-refractivity contribution is -0.0498. The molecule has 33 heavy (non-hydrogen) atoms. The van der Waals surface area contributed by atoms with Gasteiger partial charge in [0.25, 0.3) is 5.91 Å². The van der Waals surface area contributed by atoms with Gasteiger partial charge >= 0.3 is 6.61 Å². The molecular weight excluding hydrogens is 461 g/mol. The number of aromatic nitrogens is 3. The van der Waals surface area contributed by atoms with Gasteiger partial charge in [0.2, 0.25) is 0 Å². The molecule has 8 nitrogen and oxygen atoms in total. The van der Waals surface area contributed by atoms with Crippen molar-refractivity contribution in [1.29, 1.82) is 0 Å². The summed E-state index contributed by atoms with van der Waals surface area (Å²) in [6, 6.07) is 4.54. The van der Waals surface area contributed by atoms with Crippen molar-refractivity contribution in [2.75, 3.05) is 11.5 Å². The number of sulfone groups is 1. The van der Waals surface area contributed by atoms with E-state index in [0.717, 1.165) is 18.2 Å². The number of rotatable bonds is 6. The third-order valence-corrected chi connectivity index (χ3v) is 7.36. The van der Waals surface area contributed by atoms with Crippen LogP contribution in [0.4, 0.5) is 13.2 Å². The summed E-state index contributed by atoms with van der Waals surface area (Å²) < 4.78 is 68.7. The minimum atomic E-state index is -3.15. The number of pyridine rings is 1. The van der Waals surface area contributed by atoms with E-state index in [9.17, 15) is 26.4 Å². The van der Waals surface area contributed by atoms with Crippen molar-refractivity contribution in [3.63, 3.8) is 0 Å². The molecule has 1 N–H and O–H groups in total. The Kier molecular flexibility index (Phi) is 5.59. The van der Waals surface area contributed by atoms with Crippen molar-refractivity contribution in [2.45, 2.75) is 39.0 Å². The number of nitrogens with one attached hydrogen (secondary N) is 1. The van der Waals surface area contributed by atoms with Crippen molar-refractivity contribution in [1.82, 2.24) is 20.1 Å². The SMILES string of the molecule is CC(C)n1nc(-c2cc(OC(F)F)ccc2F)c2ncc(C(=O)NC3(C)CS(=O)(=O)C3)cc21. The molecule has 3 heterocycles. The third-order valence-electron chi connectivity index (χ3n) is 5.21. The summed E-state index contributed by atoms with van der Waals surface area (Å²) in [6.07, 6.45) is 1.28. The molecule has 1 aliphatic rings. The highest BCUT2D eigenvalue weighted by Gasteiger charge is 2.45. The van der Waals surface area contributed by atoms with E-state index in [0.29, 0.717) is 5.52 Å². The van der Waals surface area contributed by atoms with Gasteiger partial charge in [0, 0.05) is 17.8 Å². The zero-order valence-corrected chi connectivity index (χ0v) is 18.8. The fourth-order valence-corrected chi connectivity index (χ4v) is 5.93. The van der Waals surface area contributed by atoms with Crippen molar-refractivity contribution < 1.29 is 31.1 Å². The normalized spacial score (nSPS) is 16.7. The van der Waals surface area contributed by atoms with Crippen LogP contribution in [0.5, 0.6) is 5.75 Å². The Morgan fingerprint density at radius 3 is 2.55 bits per heavy atom. The Morgan fingerprint density at radius 2 is 1.94 bits per heavy atom. The predicted octanol–water partition coefficient (Wildman–Crippen LogP) is 3.34. The molecule has 176 valence electrons. The molecule has 1 saturated heterocycles. The van der Waals surface area contributed by atoms with E-state index in [-0.39, 0.29) is 45.6 Å². The summed E-state index contributed by atoms with van der Waals surface area (Å²) in [7, 11) is -3.15. The number of carbonyl (C=O) groups is 1. The number of hydrogen-bond donors (Lipinski definition) is 1. The standard InChI is InChI=1S/C21H21F3N4O4S/c1-11(2)28-16-6-12(19(29)26-21(3)9-33(30,31)10-21)8-25-18(16)17(27-28)14-7-13(32-20(23)24)4-5-15(14)22/h4-8,11,20H,9-10H2,1-3H3,(H,26,29). The average Bonchev–Trinajstić information content (AvgIpc) is 3.06. The summed E-state index contributed by atoms with van der Waals surface area (Å²) >= 11 is 0. The molecule has 0 unspecified atom stereocenters. The summed E-state index contributed by atoms with van der Waals surface area (Å²) in [5.74, 6) is -1.72. The quantitative estimate of drug-likeness (QED) is 0.578. The Morgan fingerprint density at radius 1 is 1.24 bits per heavy atom. The fourth-order valence-electron chi connectivity index (χ4n) is 3.93. The number of amides is 1. The number of alkyl halides is 2. The highest BCUT2D eigenvalue weighted by molar-refractivity contribution is 7.93. The van der Waals surface area contributed by atoms with Crippen LogP contribution in [0.2, 0.25) is 0 Å². The van der Waals surface area contributed by atoms with Gasteiger partial charge in [-0.1, -0.05) is 0 Å². The zero-order chi connectivity index (χ0) is 24.1. The van der Waals surface area contributed by atoms with E-state index in [1.54, 1.807) is 11.6 Å². The molecule has 2 aromatic heterocycles. The molecule has 1 amide bonds. The number of benzene rings is 1. The minimum Gasteiger partial charge on any atom is -0.435 e. The summed E-state index contributed by atoms with van der Waals surface area (Å²) in [4.78, 5) is 17.0. The second-order valence-electron chi connectivity index (χ2n) is 8.55. The van der Waals surface area contributed by atoms with E-state index in [1.807, 2.05) is 13.8 Å². The first-order chi connectivity index (χ1) is 15.4. The van der Waals surface area contributed by atoms with Crippen molar-refractivity contribution >= 4 is 26.8 Å². The summed E-state index contributed by atoms with van der Waals surface area (Å²) in [5.41, 5.74) is 0.0539. The van der Waals surface area contributed by atoms with Crippen LogP contribution in [-0.4, -0.2) is 52.7 Å². The molecule has 1 aliphatic heterocycles. The van der Waals surface area contributed by atoms with E-state index in [4.69, 9.17) is 0 Å². The molecule has 3 aromatic rings. The van der Waals surface area contributed by atoms with Crippen LogP contribution in [0.3, 0.4) is 0 Å². The third kappa shape index (κ3) is 4.52. The van der Waals surface area contributed by atoms with Crippen molar-refractivity contribution in [3.05, 3.63) is 41.8 Å². The zero-order valence-electron chi connectivity index (χ0n) is 18.0. The lowest BCUT2D eigenvalue weighted by Gasteiger charge is -2.38. The Hall–Kier alpha value is -3.15. The van der Waals surface area contributed by atoms with Crippen LogP contribution in [0.25, 0.3) is 22.3 Å². The van der Waals surface area contributed by atoms with Crippen molar-refractivity contribution in [3.8, 4) is 17.0 Å². The van der Waals surface area contributed by atoms with Gasteiger partial charge in [0.1, 0.15) is 22.8 Å². The summed E-state index contributed by atoms with van der Waals surface area (Å²) in [6.45, 7) is 2.23.